The maximum Gasteiger partial charge on any atom is 0.401 e. The number of halogens is 3. The molecule has 2 atom stereocenters. The highest BCUT2D eigenvalue weighted by Crippen LogP contribution is 2.25. The second-order valence-corrected chi connectivity index (χ2v) is 5.86. The highest BCUT2D eigenvalue weighted by Gasteiger charge is 2.39. The van der Waals surface area contributed by atoms with E-state index in [1.54, 1.807) is 0 Å². The van der Waals surface area contributed by atoms with Gasteiger partial charge in [-0.3, -0.25) is 9.69 Å². The standard InChI is InChI=1S/C13H21F3N2O2/c14-13(15,16)8-18-6-10(7-18)12(20)17-5-9-3-1-2-4-11(9)19/h9-11,19H,1-8H2,(H,17,20)/t9-,11+/m0/s1. The van der Waals surface area contributed by atoms with Crippen LogP contribution in [-0.4, -0.2) is 54.4 Å². The van der Waals surface area contributed by atoms with Gasteiger partial charge < -0.3 is 10.4 Å². The summed E-state index contributed by atoms with van der Waals surface area (Å²) in [7, 11) is 0. The number of carbonyl (C=O) groups excluding carboxylic acids is 1. The molecule has 116 valence electrons. The zero-order valence-corrected chi connectivity index (χ0v) is 11.3. The molecule has 1 aliphatic carbocycles. The first-order chi connectivity index (χ1) is 9.35. The van der Waals surface area contributed by atoms with E-state index in [9.17, 15) is 23.1 Å². The maximum atomic E-state index is 12.1. The first kappa shape index (κ1) is 15.6. The predicted octanol–water partition coefficient (Wildman–Crippen LogP) is 1.15. The number of rotatable bonds is 4. The minimum atomic E-state index is -4.20. The van der Waals surface area contributed by atoms with Crippen LogP contribution in [0.25, 0.3) is 0 Å². The van der Waals surface area contributed by atoms with Gasteiger partial charge in [0.15, 0.2) is 0 Å². The molecule has 2 aliphatic rings. The first-order valence-corrected chi connectivity index (χ1v) is 7.10. The van der Waals surface area contributed by atoms with E-state index in [4.69, 9.17) is 0 Å². The third-order valence-corrected chi connectivity index (χ3v) is 4.14. The van der Waals surface area contributed by atoms with Crippen LogP contribution in [0.5, 0.6) is 0 Å². The Balaban J connectivity index is 1.64. The second kappa shape index (κ2) is 6.30. The van der Waals surface area contributed by atoms with Gasteiger partial charge in [0, 0.05) is 25.6 Å². The van der Waals surface area contributed by atoms with Crippen LogP contribution >= 0.6 is 0 Å². The number of nitrogens with zero attached hydrogens (tertiary/aromatic N) is 1. The third kappa shape index (κ3) is 4.34. The van der Waals surface area contributed by atoms with Crippen molar-refractivity contribution in [2.75, 3.05) is 26.2 Å². The molecular formula is C13H21F3N2O2. The number of nitrogens with one attached hydrogen (secondary N) is 1. The third-order valence-electron chi connectivity index (χ3n) is 4.14. The highest BCUT2D eigenvalue weighted by atomic mass is 19.4. The smallest absolute Gasteiger partial charge is 0.393 e. The van der Waals surface area contributed by atoms with Gasteiger partial charge in [0.05, 0.1) is 18.6 Å². The molecule has 0 unspecified atom stereocenters. The Hall–Kier alpha value is -0.820. The topological polar surface area (TPSA) is 52.6 Å². The molecule has 7 heteroatoms. The van der Waals surface area contributed by atoms with Crippen molar-refractivity contribution in [1.82, 2.24) is 10.2 Å². The van der Waals surface area contributed by atoms with E-state index < -0.39 is 12.7 Å². The molecule has 1 saturated heterocycles. The van der Waals surface area contributed by atoms with E-state index in [0.717, 1.165) is 25.7 Å². The fraction of sp³-hybridized carbons (Fsp3) is 0.923. The Morgan fingerprint density at radius 1 is 1.25 bits per heavy atom. The van der Waals surface area contributed by atoms with E-state index in [2.05, 4.69) is 5.32 Å². The van der Waals surface area contributed by atoms with Gasteiger partial charge in [-0.2, -0.15) is 13.2 Å². The van der Waals surface area contributed by atoms with Crippen molar-refractivity contribution < 1.29 is 23.1 Å². The molecule has 1 heterocycles. The lowest BCUT2D eigenvalue weighted by Crippen LogP contribution is -2.56. The van der Waals surface area contributed by atoms with Crippen molar-refractivity contribution in [1.29, 1.82) is 0 Å². The molecule has 4 nitrogen and oxygen atoms in total. The van der Waals surface area contributed by atoms with Crippen LogP contribution in [0.3, 0.4) is 0 Å². The van der Waals surface area contributed by atoms with E-state index in [-0.39, 0.29) is 36.9 Å². The molecule has 2 rings (SSSR count). The van der Waals surface area contributed by atoms with E-state index >= 15 is 0 Å². The van der Waals surface area contributed by atoms with Crippen LogP contribution in [0.15, 0.2) is 0 Å². The fourth-order valence-corrected chi connectivity index (χ4v) is 2.92. The molecule has 0 aromatic rings. The zero-order chi connectivity index (χ0) is 14.8. The van der Waals surface area contributed by atoms with Gasteiger partial charge in [-0.05, 0) is 12.8 Å². The number of alkyl halides is 3. The Bertz CT molecular complexity index is 343. The SMILES string of the molecule is O=C(NC[C@@H]1CCCC[C@H]1O)C1CN(CC(F)(F)F)C1. The molecule has 0 radical (unpaired) electrons. The van der Waals surface area contributed by atoms with Gasteiger partial charge in [-0.1, -0.05) is 12.8 Å². The molecule has 1 amide bonds. The Morgan fingerprint density at radius 2 is 1.90 bits per heavy atom. The minimum Gasteiger partial charge on any atom is -0.393 e. The van der Waals surface area contributed by atoms with Gasteiger partial charge in [-0.15, -0.1) is 0 Å². The normalized spacial score (nSPS) is 29.0. The number of likely N-dealkylation sites (tertiary alicyclic amines) is 1. The molecule has 1 saturated carbocycles. The predicted molar refractivity (Wildman–Crippen MR) is 67.0 cm³/mol. The molecule has 0 bridgehead atoms. The summed E-state index contributed by atoms with van der Waals surface area (Å²) in [5.41, 5.74) is 0. The molecule has 2 N–H and O–H groups in total. The minimum absolute atomic E-state index is 0.0825. The van der Waals surface area contributed by atoms with Crippen molar-refractivity contribution in [2.24, 2.45) is 11.8 Å². The summed E-state index contributed by atoms with van der Waals surface area (Å²) >= 11 is 0. The maximum absolute atomic E-state index is 12.1. The van der Waals surface area contributed by atoms with Crippen molar-refractivity contribution >= 4 is 5.91 Å². The van der Waals surface area contributed by atoms with Crippen molar-refractivity contribution in [3.8, 4) is 0 Å². The van der Waals surface area contributed by atoms with E-state index in [1.807, 2.05) is 0 Å². The second-order valence-electron chi connectivity index (χ2n) is 5.86. The van der Waals surface area contributed by atoms with Crippen LogP contribution in [-0.2, 0) is 4.79 Å². The first-order valence-electron chi connectivity index (χ1n) is 7.10. The molecule has 0 spiro atoms. The van der Waals surface area contributed by atoms with Crippen molar-refractivity contribution in [3.05, 3.63) is 0 Å². The summed E-state index contributed by atoms with van der Waals surface area (Å²) in [4.78, 5) is 13.0. The summed E-state index contributed by atoms with van der Waals surface area (Å²) in [6.07, 6.45) is -0.836. The summed E-state index contributed by atoms with van der Waals surface area (Å²) in [5, 5.41) is 12.5. The Labute approximate surface area is 116 Å². The summed E-state index contributed by atoms with van der Waals surface area (Å²) < 4.78 is 36.4. The van der Waals surface area contributed by atoms with Gasteiger partial charge in [-0.25, -0.2) is 0 Å². The largest absolute Gasteiger partial charge is 0.401 e. The lowest BCUT2D eigenvalue weighted by molar-refractivity contribution is -0.163. The van der Waals surface area contributed by atoms with Crippen LogP contribution in [0.4, 0.5) is 13.2 Å². The summed E-state index contributed by atoms with van der Waals surface area (Å²) in [6, 6.07) is 0. The average molecular weight is 294 g/mol. The number of aliphatic hydroxyl groups is 1. The molecule has 1 aliphatic heterocycles. The van der Waals surface area contributed by atoms with Gasteiger partial charge >= 0.3 is 6.18 Å². The van der Waals surface area contributed by atoms with Gasteiger partial charge in [0.2, 0.25) is 5.91 Å². The number of aliphatic hydroxyl groups excluding tert-OH is 1. The molecular weight excluding hydrogens is 273 g/mol. The highest BCUT2D eigenvalue weighted by molar-refractivity contribution is 5.80. The number of carbonyl (C=O) groups is 1. The van der Waals surface area contributed by atoms with Crippen molar-refractivity contribution in [2.45, 2.75) is 38.0 Å². The number of amides is 1. The summed E-state index contributed by atoms with van der Waals surface area (Å²) in [6.45, 7) is -0.189. The van der Waals surface area contributed by atoms with Gasteiger partial charge in [0.25, 0.3) is 0 Å². The number of hydrogen-bond acceptors (Lipinski definition) is 3. The monoisotopic (exact) mass is 294 g/mol. The molecule has 0 aromatic heterocycles. The van der Waals surface area contributed by atoms with E-state index in [0.29, 0.717) is 6.54 Å². The average Bonchev–Trinajstić information content (AvgIpc) is 2.31. The van der Waals surface area contributed by atoms with E-state index in [1.165, 1.54) is 4.90 Å². The molecule has 20 heavy (non-hydrogen) atoms. The molecule has 0 aromatic carbocycles. The molecule has 2 fully saturated rings. The fourth-order valence-electron chi connectivity index (χ4n) is 2.92. The van der Waals surface area contributed by atoms with Crippen molar-refractivity contribution in [3.63, 3.8) is 0 Å². The lowest BCUT2D eigenvalue weighted by Gasteiger charge is -2.38. The van der Waals surface area contributed by atoms with Crippen LogP contribution in [0.2, 0.25) is 0 Å². The quantitative estimate of drug-likeness (QED) is 0.818. The van der Waals surface area contributed by atoms with Crippen LogP contribution in [0, 0.1) is 11.8 Å². The number of hydrogen-bond donors (Lipinski definition) is 2. The van der Waals surface area contributed by atoms with Gasteiger partial charge in [0.1, 0.15) is 0 Å². The zero-order valence-electron chi connectivity index (χ0n) is 11.3. The Morgan fingerprint density at radius 3 is 2.50 bits per heavy atom. The summed E-state index contributed by atoms with van der Waals surface area (Å²) in [5.74, 6) is -0.460. The van der Waals surface area contributed by atoms with Crippen LogP contribution in [0.1, 0.15) is 25.7 Å². The van der Waals surface area contributed by atoms with Crippen LogP contribution < -0.4 is 5.32 Å². The Kier molecular flexibility index (Phi) is 4.90. The lowest BCUT2D eigenvalue weighted by atomic mass is 9.86.